The van der Waals surface area contributed by atoms with E-state index in [-0.39, 0.29) is 0 Å². The first-order valence-corrected chi connectivity index (χ1v) is 4.51. The lowest BCUT2D eigenvalue weighted by atomic mass is 9.96. The third-order valence-corrected chi connectivity index (χ3v) is 1.54. The van der Waals surface area contributed by atoms with Crippen LogP contribution in [0.25, 0.3) is 0 Å². The molecule has 0 amide bonds. The third kappa shape index (κ3) is 4.81. The van der Waals surface area contributed by atoms with Gasteiger partial charge in [-0.05, 0) is 34.6 Å². The smallest absolute Gasteiger partial charge is 0.310 e. The Kier molecular flexibility index (Phi) is 4.78. The summed E-state index contributed by atoms with van der Waals surface area (Å²) in [4.78, 5) is 22.4. The topological polar surface area (TPSA) is 52.6 Å². The highest BCUT2D eigenvalue weighted by Gasteiger charge is 2.31. The maximum Gasteiger partial charge on any atom is 0.310 e. The van der Waals surface area contributed by atoms with Crippen LogP contribution in [0.5, 0.6) is 0 Å². The van der Waals surface area contributed by atoms with Gasteiger partial charge in [0.05, 0.1) is 18.9 Å². The largest absolute Gasteiger partial charge is 0.469 e. The second kappa shape index (κ2) is 5.14. The maximum atomic E-state index is 11.4. The second-order valence-electron chi connectivity index (χ2n) is 4.11. The van der Waals surface area contributed by atoms with Gasteiger partial charge >= 0.3 is 11.9 Å². The minimum Gasteiger partial charge on any atom is -0.469 e. The fraction of sp³-hybridized carbons (Fsp3) is 0.636. The minimum absolute atomic E-state index is 0.662. The standard InChI is InChI=1S/C11H16O4/c1-7(9(12)14-6)8(2)10(13)15-11(3,4)5/h1-2,7-8H,3-6H3/t7-,8-/m1/s1. The summed E-state index contributed by atoms with van der Waals surface area (Å²) in [6.07, 6.45) is 0. The van der Waals surface area contributed by atoms with Gasteiger partial charge in [-0.2, -0.15) is 0 Å². The minimum atomic E-state index is -1.21. The summed E-state index contributed by atoms with van der Waals surface area (Å²) < 4.78 is 9.33. The van der Waals surface area contributed by atoms with Gasteiger partial charge in [0, 0.05) is 0 Å². The first kappa shape index (κ1) is 13.9. The van der Waals surface area contributed by atoms with Gasteiger partial charge in [0.2, 0.25) is 0 Å². The lowest BCUT2D eigenvalue weighted by Crippen LogP contribution is -2.33. The molecule has 4 radical (unpaired) electrons. The van der Waals surface area contributed by atoms with Gasteiger partial charge in [-0.15, -0.1) is 0 Å². The first-order chi connectivity index (χ1) is 6.69. The molecule has 84 valence electrons. The lowest BCUT2D eigenvalue weighted by molar-refractivity contribution is -0.163. The van der Waals surface area contributed by atoms with Crippen molar-refractivity contribution in [3.8, 4) is 0 Å². The molecule has 4 nitrogen and oxygen atoms in total. The van der Waals surface area contributed by atoms with E-state index in [4.69, 9.17) is 18.6 Å². The van der Waals surface area contributed by atoms with E-state index in [1.807, 2.05) is 0 Å². The van der Waals surface area contributed by atoms with Gasteiger partial charge < -0.3 is 9.47 Å². The molecule has 0 rings (SSSR count). The van der Waals surface area contributed by atoms with Crippen LogP contribution in [0.3, 0.4) is 0 Å². The van der Waals surface area contributed by atoms with E-state index in [1.165, 1.54) is 7.11 Å². The van der Waals surface area contributed by atoms with Gasteiger partial charge in [-0.25, -0.2) is 0 Å². The summed E-state index contributed by atoms with van der Waals surface area (Å²) in [5, 5.41) is 0. The molecule has 0 N–H and O–H groups in total. The molecule has 0 aromatic heterocycles. The number of hydrogen-bond acceptors (Lipinski definition) is 4. The molecule has 0 saturated heterocycles. The summed E-state index contributed by atoms with van der Waals surface area (Å²) >= 11 is 0. The Morgan fingerprint density at radius 1 is 1.07 bits per heavy atom. The summed E-state index contributed by atoms with van der Waals surface area (Å²) in [5.41, 5.74) is -0.662. The molecule has 4 heteroatoms. The fourth-order valence-electron chi connectivity index (χ4n) is 0.799. The predicted octanol–water partition coefficient (Wildman–Crippen LogP) is 1.16. The second-order valence-corrected chi connectivity index (χ2v) is 4.11. The van der Waals surface area contributed by atoms with Crippen molar-refractivity contribution in [1.82, 2.24) is 0 Å². The van der Waals surface area contributed by atoms with Crippen LogP contribution in [0.4, 0.5) is 0 Å². The molecule has 0 unspecified atom stereocenters. The van der Waals surface area contributed by atoms with Gasteiger partial charge in [0.15, 0.2) is 0 Å². The molecular formula is C11H16O4. The van der Waals surface area contributed by atoms with Crippen molar-refractivity contribution in [1.29, 1.82) is 0 Å². The van der Waals surface area contributed by atoms with E-state index in [9.17, 15) is 9.59 Å². The van der Waals surface area contributed by atoms with E-state index >= 15 is 0 Å². The molecule has 0 spiro atoms. The number of ether oxygens (including phenoxy) is 2. The molecule has 0 fully saturated rings. The van der Waals surface area contributed by atoms with Gasteiger partial charge in [0.25, 0.3) is 0 Å². The van der Waals surface area contributed by atoms with Crippen LogP contribution in [-0.2, 0) is 19.1 Å². The number of carbonyl (C=O) groups is 2. The molecule has 0 aromatic rings. The fourth-order valence-corrected chi connectivity index (χ4v) is 0.799. The molecule has 0 aliphatic carbocycles. The summed E-state index contributed by atoms with van der Waals surface area (Å²) in [6, 6.07) is 0. The summed E-state index contributed by atoms with van der Waals surface area (Å²) in [5.74, 6) is -3.88. The number of esters is 2. The molecule has 2 atom stereocenters. The van der Waals surface area contributed by atoms with Crippen LogP contribution in [0.15, 0.2) is 0 Å². The van der Waals surface area contributed by atoms with Crippen LogP contribution in [-0.4, -0.2) is 24.6 Å². The summed E-state index contributed by atoms with van der Waals surface area (Å²) in [6.45, 7) is 15.9. The van der Waals surface area contributed by atoms with Crippen LogP contribution in [0.2, 0.25) is 0 Å². The van der Waals surface area contributed by atoms with Crippen LogP contribution in [0, 0.1) is 25.7 Å². The van der Waals surface area contributed by atoms with E-state index < -0.39 is 29.4 Å². The van der Waals surface area contributed by atoms with Gasteiger partial charge in [0.1, 0.15) is 5.60 Å². The average Bonchev–Trinajstić information content (AvgIpc) is 2.11. The van der Waals surface area contributed by atoms with Crippen molar-refractivity contribution in [2.75, 3.05) is 7.11 Å². The Bertz CT molecular complexity index is 239. The van der Waals surface area contributed by atoms with Gasteiger partial charge in [-0.3, -0.25) is 9.59 Å². The Morgan fingerprint density at radius 3 is 1.80 bits per heavy atom. The molecule has 15 heavy (non-hydrogen) atoms. The number of carbonyl (C=O) groups excluding carboxylic acids is 2. The monoisotopic (exact) mass is 212 g/mol. The van der Waals surface area contributed by atoms with Crippen molar-refractivity contribution in [2.45, 2.75) is 26.4 Å². The van der Waals surface area contributed by atoms with E-state index in [0.717, 1.165) is 0 Å². The average molecular weight is 212 g/mol. The van der Waals surface area contributed by atoms with Crippen molar-refractivity contribution in [3.05, 3.63) is 13.8 Å². The molecule has 0 bridgehead atoms. The van der Waals surface area contributed by atoms with Crippen molar-refractivity contribution in [3.63, 3.8) is 0 Å². The number of rotatable bonds is 3. The first-order valence-electron chi connectivity index (χ1n) is 4.51. The molecule has 0 aliphatic heterocycles. The predicted molar refractivity (Wildman–Crippen MR) is 53.4 cm³/mol. The maximum absolute atomic E-state index is 11.4. The molecule has 0 aromatic carbocycles. The number of methoxy groups -OCH3 is 1. The van der Waals surface area contributed by atoms with Crippen LogP contribution in [0.1, 0.15) is 20.8 Å². The highest BCUT2D eigenvalue weighted by atomic mass is 16.6. The van der Waals surface area contributed by atoms with E-state index in [2.05, 4.69) is 4.74 Å². The van der Waals surface area contributed by atoms with Crippen molar-refractivity contribution in [2.24, 2.45) is 11.8 Å². The molecule has 0 heterocycles. The highest BCUT2D eigenvalue weighted by Crippen LogP contribution is 2.17. The van der Waals surface area contributed by atoms with E-state index in [0.29, 0.717) is 0 Å². The van der Waals surface area contributed by atoms with Gasteiger partial charge in [-0.1, -0.05) is 0 Å². The normalized spacial score (nSPS) is 15.3. The molecule has 0 aliphatic rings. The SMILES string of the molecule is [CH][C@@H](C(=O)OC)[C@@H]([CH])C(=O)OC(C)(C)C. The van der Waals surface area contributed by atoms with Crippen LogP contribution < -0.4 is 0 Å². The zero-order valence-electron chi connectivity index (χ0n) is 9.44. The molecular weight excluding hydrogens is 196 g/mol. The third-order valence-electron chi connectivity index (χ3n) is 1.54. The quantitative estimate of drug-likeness (QED) is 0.659. The van der Waals surface area contributed by atoms with Crippen LogP contribution >= 0.6 is 0 Å². The Hall–Kier alpha value is -1.06. The highest BCUT2D eigenvalue weighted by molar-refractivity contribution is 5.83. The number of hydrogen-bond donors (Lipinski definition) is 0. The zero-order valence-corrected chi connectivity index (χ0v) is 9.44. The summed E-state index contributed by atoms with van der Waals surface area (Å²) in [7, 11) is 1.17. The van der Waals surface area contributed by atoms with Crippen molar-refractivity contribution >= 4 is 11.9 Å². The molecule has 0 saturated carbocycles. The Labute approximate surface area is 90.9 Å². The zero-order chi connectivity index (χ0) is 12.2. The Balaban J connectivity index is 4.39. The lowest BCUT2D eigenvalue weighted by Gasteiger charge is -2.23. The van der Waals surface area contributed by atoms with Crippen molar-refractivity contribution < 1.29 is 19.1 Å². The Morgan fingerprint density at radius 2 is 1.47 bits per heavy atom. The van der Waals surface area contributed by atoms with E-state index in [1.54, 1.807) is 20.8 Å².